The van der Waals surface area contributed by atoms with E-state index in [0.29, 0.717) is 5.82 Å². The molecule has 1 aromatic heterocycles. The fraction of sp³-hybridized carbons (Fsp3) is 0.250. The van der Waals surface area contributed by atoms with Gasteiger partial charge in [0.2, 0.25) is 5.91 Å². The molecule has 1 aliphatic heterocycles. The molecule has 3 rings (SSSR count). The third kappa shape index (κ3) is 3.73. The van der Waals surface area contributed by atoms with Gasteiger partial charge in [-0.2, -0.15) is 8.42 Å². The second-order valence-corrected chi connectivity index (χ2v) is 6.94. The molecule has 1 saturated heterocycles. The zero-order chi connectivity index (χ0) is 16.4. The SMILES string of the molecule is O=C1CC(CS(=O)(=O)F)CN1c1cccc(-c2ccccc2)n1. The number of rotatable bonds is 4. The maximum absolute atomic E-state index is 12.8. The van der Waals surface area contributed by atoms with Gasteiger partial charge in [-0.1, -0.05) is 36.4 Å². The maximum atomic E-state index is 12.8. The molecule has 0 spiro atoms. The highest BCUT2D eigenvalue weighted by Crippen LogP contribution is 2.27. The summed E-state index contributed by atoms with van der Waals surface area (Å²) in [5.41, 5.74) is 1.64. The number of benzene rings is 1. The van der Waals surface area contributed by atoms with Gasteiger partial charge in [-0.05, 0) is 12.1 Å². The lowest BCUT2D eigenvalue weighted by Crippen LogP contribution is -2.26. The van der Waals surface area contributed by atoms with Crippen molar-refractivity contribution in [3.63, 3.8) is 0 Å². The van der Waals surface area contributed by atoms with Crippen LogP contribution in [0.15, 0.2) is 48.5 Å². The Hall–Kier alpha value is -2.28. The average molecular weight is 334 g/mol. The summed E-state index contributed by atoms with van der Waals surface area (Å²) in [7, 11) is -4.59. The molecule has 23 heavy (non-hydrogen) atoms. The van der Waals surface area contributed by atoms with E-state index in [1.54, 1.807) is 12.1 Å². The number of amides is 1. The quantitative estimate of drug-likeness (QED) is 0.805. The molecule has 1 atom stereocenters. The van der Waals surface area contributed by atoms with Crippen LogP contribution in [0.5, 0.6) is 0 Å². The summed E-state index contributed by atoms with van der Waals surface area (Å²) in [5, 5.41) is 0. The standard InChI is InChI=1S/C16H15FN2O3S/c17-23(21,22)11-12-9-16(20)19(10-12)15-8-4-7-14(18-15)13-5-2-1-3-6-13/h1-8,12H,9-11H2. The van der Waals surface area contributed by atoms with Gasteiger partial charge in [0.25, 0.3) is 0 Å². The van der Waals surface area contributed by atoms with Gasteiger partial charge in [0, 0.05) is 24.4 Å². The Morgan fingerprint density at radius 1 is 1.13 bits per heavy atom. The van der Waals surface area contributed by atoms with E-state index < -0.39 is 21.9 Å². The minimum Gasteiger partial charge on any atom is -0.296 e. The van der Waals surface area contributed by atoms with Gasteiger partial charge >= 0.3 is 10.2 Å². The van der Waals surface area contributed by atoms with Crippen LogP contribution in [0.3, 0.4) is 0 Å². The predicted octanol–water partition coefficient (Wildman–Crippen LogP) is 2.40. The predicted molar refractivity (Wildman–Crippen MR) is 85.0 cm³/mol. The molecule has 0 radical (unpaired) electrons. The zero-order valence-electron chi connectivity index (χ0n) is 12.2. The number of carbonyl (C=O) groups excluding carboxylic acids is 1. The topological polar surface area (TPSA) is 67.3 Å². The van der Waals surface area contributed by atoms with Crippen molar-refractivity contribution >= 4 is 21.9 Å². The molecule has 1 aromatic carbocycles. The minimum atomic E-state index is -4.59. The summed E-state index contributed by atoms with van der Waals surface area (Å²) in [6, 6.07) is 14.8. The summed E-state index contributed by atoms with van der Waals surface area (Å²) in [4.78, 5) is 18.0. The highest BCUT2D eigenvalue weighted by atomic mass is 32.3. The van der Waals surface area contributed by atoms with Crippen LogP contribution in [0.25, 0.3) is 11.3 Å². The van der Waals surface area contributed by atoms with Crippen molar-refractivity contribution in [1.82, 2.24) is 4.98 Å². The van der Waals surface area contributed by atoms with E-state index in [0.717, 1.165) is 11.3 Å². The molecular formula is C16H15FN2O3S. The number of carbonyl (C=O) groups is 1. The molecule has 0 N–H and O–H groups in total. The molecule has 2 aromatic rings. The Labute approximate surface area is 134 Å². The highest BCUT2D eigenvalue weighted by Gasteiger charge is 2.34. The van der Waals surface area contributed by atoms with Gasteiger partial charge in [-0.15, -0.1) is 3.89 Å². The van der Waals surface area contributed by atoms with Crippen LogP contribution >= 0.6 is 0 Å². The number of hydrogen-bond donors (Lipinski definition) is 0. The molecule has 1 aliphatic rings. The van der Waals surface area contributed by atoms with Crippen LogP contribution in [0.1, 0.15) is 6.42 Å². The molecule has 0 bridgehead atoms. The molecular weight excluding hydrogens is 319 g/mol. The Kier molecular flexibility index (Phi) is 4.12. The van der Waals surface area contributed by atoms with Crippen LogP contribution in [0.4, 0.5) is 9.70 Å². The first kappa shape index (κ1) is 15.6. The molecule has 2 heterocycles. The van der Waals surface area contributed by atoms with E-state index in [-0.39, 0.29) is 18.9 Å². The monoisotopic (exact) mass is 334 g/mol. The molecule has 0 aliphatic carbocycles. The summed E-state index contributed by atoms with van der Waals surface area (Å²) in [5.74, 6) is -0.959. The first-order valence-electron chi connectivity index (χ1n) is 7.17. The lowest BCUT2D eigenvalue weighted by Gasteiger charge is -2.16. The molecule has 7 heteroatoms. The number of nitrogens with zero attached hydrogens (tertiary/aromatic N) is 2. The Morgan fingerprint density at radius 2 is 1.87 bits per heavy atom. The van der Waals surface area contributed by atoms with E-state index in [2.05, 4.69) is 4.98 Å². The smallest absolute Gasteiger partial charge is 0.296 e. The van der Waals surface area contributed by atoms with Crippen molar-refractivity contribution in [2.24, 2.45) is 5.92 Å². The summed E-state index contributed by atoms with van der Waals surface area (Å²) >= 11 is 0. The fourth-order valence-corrected chi connectivity index (χ4v) is 3.53. The first-order chi connectivity index (χ1) is 10.9. The third-order valence-electron chi connectivity index (χ3n) is 3.72. The Balaban J connectivity index is 1.84. The van der Waals surface area contributed by atoms with Gasteiger partial charge in [0.05, 0.1) is 11.4 Å². The van der Waals surface area contributed by atoms with Crippen molar-refractivity contribution in [1.29, 1.82) is 0 Å². The van der Waals surface area contributed by atoms with Gasteiger partial charge in [-0.25, -0.2) is 4.98 Å². The Bertz CT molecular complexity index is 824. The van der Waals surface area contributed by atoms with Gasteiger partial charge in [-0.3, -0.25) is 9.69 Å². The van der Waals surface area contributed by atoms with Crippen LogP contribution in [0, 0.1) is 5.92 Å². The van der Waals surface area contributed by atoms with Crippen molar-refractivity contribution in [3.8, 4) is 11.3 Å². The van der Waals surface area contributed by atoms with E-state index in [1.165, 1.54) is 4.90 Å². The highest BCUT2D eigenvalue weighted by molar-refractivity contribution is 7.86. The number of anilines is 1. The molecule has 120 valence electrons. The maximum Gasteiger partial charge on any atom is 0.302 e. The van der Waals surface area contributed by atoms with Crippen LogP contribution < -0.4 is 4.90 Å². The van der Waals surface area contributed by atoms with Gasteiger partial charge in [0.15, 0.2) is 0 Å². The molecule has 1 amide bonds. The average Bonchev–Trinajstić information content (AvgIpc) is 2.87. The summed E-state index contributed by atoms with van der Waals surface area (Å²) in [6.45, 7) is 0.160. The van der Waals surface area contributed by atoms with Gasteiger partial charge in [0.1, 0.15) is 5.82 Å². The number of pyridine rings is 1. The number of aromatic nitrogens is 1. The van der Waals surface area contributed by atoms with Crippen molar-refractivity contribution in [3.05, 3.63) is 48.5 Å². The van der Waals surface area contributed by atoms with Gasteiger partial charge < -0.3 is 0 Å². The van der Waals surface area contributed by atoms with E-state index in [9.17, 15) is 17.1 Å². The fourth-order valence-electron chi connectivity index (χ4n) is 2.74. The van der Waals surface area contributed by atoms with Crippen LogP contribution in [-0.4, -0.2) is 31.6 Å². The van der Waals surface area contributed by atoms with E-state index in [1.807, 2.05) is 36.4 Å². The largest absolute Gasteiger partial charge is 0.302 e. The second kappa shape index (κ2) is 6.08. The number of hydrogen-bond acceptors (Lipinski definition) is 4. The molecule has 1 fully saturated rings. The second-order valence-electron chi connectivity index (χ2n) is 5.53. The lowest BCUT2D eigenvalue weighted by atomic mass is 10.1. The first-order valence-corrected chi connectivity index (χ1v) is 8.73. The van der Waals surface area contributed by atoms with Crippen LogP contribution in [0.2, 0.25) is 0 Å². The third-order valence-corrected chi connectivity index (χ3v) is 4.59. The molecule has 0 saturated carbocycles. The van der Waals surface area contributed by atoms with Crippen LogP contribution in [-0.2, 0) is 15.0 Å². The summed E-state index contributed by atoms with van der Waals surface area (Å²) < 4.78 is 34.3. The van der Waals surface area contributed by atoms with E-state index in [4.69, 9.17) is 0 Å². The Morgan fingerprint density at radius 3 is 2.57 bits per heavy atom. The molecule has 5 nitrogen and oxygen atoms in total. The molecule has 1 unspecified atom stereocenters. The minimum absolute atomic E-state index is 0.0143. The normalized spacial score (nSPS) is 18.4. The van der Waals surface area contributed by atoms with Crippen molar-refractivity contribution in [2.45, 2.75) is 6.42 Å². The zero-order valence-corrected chi connectivity index (χ0v) is 13.0. The van der Waals surface area contributed by atoms with E-state index >= 15 is 0 Å². The van der Waals surface area contributed by atoms with Crippen molar-refractivity contribution in [2.75, 3.05) is 17.2 Å². The summed E-state index contributed by atoms with van der Waals surface area (Å²) in [6.07, 6.45) is 0.0143. The lowest BCUT2D eigenvalue weighted by molar-refractivity contribution is -0.117. The number of halogens is 1. The van der Waals surface area contributed by atoms with Crippen molar-refractivity contribution < 1.29 is 17.1 Å².